The number of ether oxygens (including phenoxy) is 1. The van der Waals surface area contributed by atoms with Crippen LogP contribution < -0.4 is 5.32 Å². The van der Waals surface area contributed by atoms with Gasteiger partial charge in [-0.25, -0.2) is 13.2 Å². The molecule has 1 aromatic heterocycles. The van der Waals surface area contributed by atoms with Gasteiger partial charge in [0.15, 0.2) is 15.9 Å². The Balaban J connectivity index is 1.53. The molecule has 148 valence electrons. The van der Waals surface area contributed by atoms with E-state index in [0.29, 0.717) is 12.5 Å². The van der Waals surface area contributed by atoms with Crippen molar-refractivity contribution < 1.29 is 22.7 Å². The molecule has 0 unspecified atom stereocenters. The van der Waals surface area contributed by atoms with E-state index in [1.165, 1.54) is 31.5 Å². The predicted octanol–water partition coefficient (Wildman–Crippen LogP) is 1.69. The van der Waals surface area contributed by atoms with Crippen molar-refractivity contribution in [3.63, 3.8) is 0 Å². The first-order valence-electron chi connectivity index (χ1n) is 9.24. The summed E-state index contributed by atoms with van der Waals surface area (Å²) in [7, 11) is -3.07. The molecule has 1 saturated heterocycles. The number of amides is 1. The van der Waals surface area contributed by atoms with Gasteiger partial charge in [0.1, 0.15) is 0 Å². The maximum absolute atomic E-state index is 12.1. The molecule has 0 bridgehead atoms. The Kier molecular flexibility index (Phi) is 5.46. The Morgan fingerprint density at radius 3 is 2.59 bits per heavy atom. The lowest BCUT2D eigenvalue weighted by molar-refractivity contribution is -0.150. The summed E-state index contributed by atoms with van der Waals surface area (Å²) in [4.78, 5) is 24.1. The summed E-state index contributed by atoms with van der Waals surface area (Å²) in [5.41, 5.74) is 3.25. The second-order valence-electron chi connectivity index (χ2n) is 7.45. The summed E-state index contributed by atoms with van der Waals surface area (Å²) in [6.07, 6.45) is 4.82. The number of aromatic nitrogens is 1. The lowest BCUT2D eigenvalue weighted by atomic mass is 10.2. The van der Waals surface area contributed by atoms with Gasteiger partial charge in [-0.15, -0.1) is 0 Å². The second kappa shape index (κ2) is 7.50. The number of sulfone groups is 1. The van der Waals surface area contributed by atoms with Gasteiger partial charge in [-0.3, -0.25) is 4.79 Å². The Bertz CT molecular complexity index is 880. The van der Waals surface area contributed by atoms with Crippen LogP contribution in [0.2, 0.25) is 0 Å². The molecule has 1 aliphatic heterocycles. The highest BCUT2D eigenvalue weighted by molar-refractivity contribution is 7.91. The normalized spacial score (nSPS) is 22.7. The van der Waals surface area contributed by atoms with Crippen LogP contribution in [0, 0.1) is 13.8 Å². The summed E-state index contributed by atoms with van der Waals surface area (Å²) >= 11 is 0. The van der Waals surface area contributed by atoms with Gasteiger partial charge in [0.05, 0.1) is 11.5 Å². The minimum Gasteiger partial charge on any atom is -0.449 e. The fraction of sp³-hybridized carbons (Fsp3) is 0.579. The van der Waals surface area contributed by atoms with Crippen molar-refractivity contribution in [3.05, 3.63) is 29.1 Å². The van der Waals surface area contributed by atoms with Crippen LogP contribution in [0.1, 0.15) is 49.2 Å². The summed E-state index contributed by atoms with van der Waals surface area (Å²) in [5.74, 6) is -1.07. The van der Waals surface area contributed by atoms with Crippen molar-refractivity contribution in [1.29, 1.82) is 0 Å². The third-order valence-corrected chi connectivity index (χ3v) is 6.84. The first-order chi connectivity index (χ1) is 12.7. The Labute approximate surface area is 159 Å². The fourth-order valence-corrected chi connectivity index (χ4v) is 5.19. The van der Waals surface area contributed by atoms with Crippen LogP contribution in [-0.4, -0.2) is 48.5 Å². The van der Waals surface area contributed by atoms with E-state index in [9.17, 15) is 18.0 Å². The summed E-state index contributed by atoms with van der Waals surface area (Å²) in [6.45, 7) is 5.56. The van der Waals surface area contributed by atoms with E-state index < -0.39 is 33.9 Å². The topological polar surface area (TPSA) is 94.5 Å². The number of aryl methyl sites for hydroxylation is 1. The Morgan fingerprint density at radius 2 is 2.00 bits per heavy atom. The number of hydrogen-bond acceptors (Lipinski definition) is 5. The monoisotopic (exact) mass is 394 g/mol. The lowest BCUT2D eigenvalue weighted by Gasteiger charge is -2.15. The average Bonchev–Trinajstić information content (AvgIpc) is 3.29. The average molecular weight is 394 g/mol. The molecule has 1 aromatic rings. The van der Waals surface area contributed by atoms with Crippen LogP contribution in [-0.2, 0) is 24.2 Å². The van der Waals surface area contributed by atoms with Crippen molar-refractivity contribution in [2.45, 2.75) is 58.2 Å². The van der Waals surface area contributed by atoms with Crippen molar-refractivity contribution in [3.8, 4) is 0 Å². The first kappa shape index (κ1) is 19.7. The molecule has 2 fully saturated rings. The molecular weight excluding hydrogens is 368 g/mol. The maximum atomic E-state index is 12.1. The zero-order valence-electron chi connectivity index (χ0n) is 15.9. The van der Waals surface area contributed by atoms with Gasteiger partial charge in [-0.2, -0.15) is 0 Å². The third-order valence-electron chi connectivity index (χ3n) is 5.08. The molecule has 2 atom stereocenters. The van der Waals surface area contributed by atoms with E-state index in [4.69, 9.17) is 4.74 Å². The van der Waals surface area contributed by atoms with Gasteiger partial charge in [0.25, 0.3) is 5.91 Å². The minimum absolute atomic E-state index is 0.0596. The first-order valence-corrected chi connectivity index (χ1v) is 11.1. The Hall–Kier alpha value is -2.09. The molecule has 1 saturated carbocycles. The smallest absolute Gasteiger partial charge is 0.331 e. The van der Waals surface area contributed by atoms with E-state index in [1.807, 2.05) is 13.0 Å². The zero-order valence-corrected chi connectivity index (χ0v) is 16.7. The number of nitrogens with one attached hydrogen (secondary N) is 1. The predicted molar refractivity (Wildman–Crippen MR) is 102 cm³/mol. The fourth-order valence-electron chi connectivity index (χ4n) is 3.52. The second-order valence-corrected chi connectivity index (χ2v) is 9.68. The van der Waals surface area contributed by atoms with Crippen LogP contribution in [0.25, 0.3) is 6.08 Å². The number of rotatable bonds is 6. The van der Waals surface area contributed by atoms with E-state index >= 15 is 0 Å². The van der Waals surface area contributed by atoms with Crippen LogP contribution in [0.3, 0.4) is 0 Å². The van der Waals surface area contributed by atoms with Crippen LogP contribution in [0.5, 0.6) is 0 Å². The number of hydrogen-bond donors (Lipinski definition) is 1. The number of nitrogens with zero attached hydrogens (tertiary/aromatic N) is 1. The van der Waals surface area contributed by atoms with Gasteiger partial charge in [0.2, 0.25) is 0 Å². The Morgan fingerprint density at radius 1 is 1.30 bits per heavy atom. The molecule has 2 heterocycles. The molecule has 3 rings (SSSR count). The molecule has 7 nitrogen and oxygen atoms in total. The molecule has 0 aromatic carbocycles. The lowest BCUT2D eigenvalue weighted by Crippen LogP contribution is -2.42. The zero-order chi connectivity index (χ0) is 19.8. The van der Waals surface area contributed by atoms with E-state index in [-0.39, 0.29) is 11.5 Å². The number of carbonyl (C=O) groups is 2. The maximum Gasteiger partial charge on any atom is 0.331 e. The SMILES string of the molecule is Cc1cc(/C=C/C(=O)O[C@H](C)C(=O)N[C@@H]2CCS(=O)(=O)C2)c(C)n1C1CC1. The quantitative estimate of drug-likeness (QED) is 0.585. The standard InChI is InChI=1S/C19H26N2O5S/c1-12-10-15(13(2)21(12)17-5-6-17)4-7-18(22)26-14(3)19(23)20-16-8-9-27(24,25)11-16/h4,7,10,14,16-17H,5-6,8-9,11H2,1-3H3,(H,20,23)/b7-4+/t14-,16-/m1/s1. The molecule has 1 amide bonds. The van der Waals surface area contributed by atoms with E-state index in [0.717, 1.165) is 11.3 Å². The van der Waals surface area contributed by atoms with Gasteiger partial charge in [-0.1, -0.05) is 0 Å². The van der Waals surface area contributed by atoms with E-state index in [1.54, 1.807) is 6.08 Å². The number of esters is 1. The van der Waals surface area contributed by atoms with Crippen LogP contribution >= 0.6 is 0 Å². The number of carbonyl (C=O) groups excluding carboxylic acids is 2. The van der Waals surface area contributed by atoms with Crippen molar-refractivity contribution in [2.75, 3.05) is 11.5 Å². The largest absolute Gasteiger partial charge is 0.449 e. The molecule has 27 heavy (non-hydrogen) atoms. The molecular formula is C19H26N2O5S. The van der Waals surface area contributed by atoms with Crippen molar-refractivity contribution >= 4 is 27.8 Å². The van der Waals surface area contributed by atoms with Gasteiger partial charge in [-0.05, 0) is 57.7 Å². The highest BCUT2D eigenvalue weighted by Crippen LogP contribution is 2.38. The van der Waals surface area contributed by atoms with Crippen LogP contribution in [0.15, 0.2) is 12.1 Å². The van der Waals surface area contributed by atoms with Gasteiger partial charge < -0.3 is 14.6 Å². The minimum atomic E-state index is -3.07. The summed E-state index contributed by atoms with van der Waals surface area (Å²) in [5, 5.41) is 2.63. The molecule has 8 heteroatoms. The highest BCUT2D eigenvalue weighted by atomic mass is 32.2. The van der Waals surface area contributed by atoms with Crippen molar-refractivity contribution in [2.24, 2.45) is 0 Å². The molecule has 1 aliphatic carbocycles. The third kappa shape index (κ3) is 4.80. The summed E-state index contributed by atoms with van der Waals surface area (Å²) < 4.78 is 30.3. The highest BCUT2D eigenvalue weighted by Gasteiger charge is 2.30. The van der Waals surface area contributed by atoms with Gasteiger partial charge >= 0.3 is 5.97 Å². The van der Waals surface area contributed by atoms with Gasteiger partial charge in [0, 0.05) is 29.5 Å². The van der Waals surface area contributed by atoms with E-state index in [2.05, 4.69) is 16.8 Å². The molecule has 2 aliphatic rings. The molecule has 0 spiro atoms. The van der Waals surface area contributed by atoms with Crippen LogP contribution in [0.4, 0.5) is 0 Å². The summed E-state index contributed by atoms with van der Waals surface area (Å²) in [6, 6.07) is 2.20. The molecule has 1 N–H and O–H groups in total. The molecule has 0 radical (unpaired) electrons. The van der Waals surface area contributed by atoms with Crippen molar-refractivity contribution in [1.82, 2.24) is 9.88 Å².